The van der Waals surface area contributed by atoms with Gasteiger partial charge in [0.2, 0.25) is 0 Å². The molecule has 0 aliphatic carbocycles. The van der Waals surface area contributed by atoms with E-state index in [0.29, 0.717) is 13.0 Å². The fourth-order valence-corrected chi connectivity index (χ4v) is 2.54. The topological polar surface area (TPSA) is 78.8 Å². The van der Waals surface area contributed by atoms with Crippen LogP contribution in [-0.4, -0.2) is 22.2 Å². The summed E-state index contributed by atoms with van der Waals surface area (Å²) < 4.78 is 5.32. The monoisotopic (exact) mass is 299 g/mol. The molecule has 0 saturated heterocycles. The first-order chi connectivity index (χ1) is 10.6. The molecule has 0 saturated carbocycles. The van der Waals surface area contributed by atoms with E-state index in [1.165, 1.54) is 12.1 Å². The van der Waals surface area contributed by atoms with E-state index in [9.17, 15) is 15.0 Å². The third-order valence-corrected chi connectivity index (χ3v) is 3.77. The molecule has 1 heterocycles. The Morgan fingerprint density at radius 1 is 1.14 bits per heavy atom. The first-order valence-corrected chi connectivity index (χ1v) is 7.11. The number of hydrogen-bond acceptors (Lipinski definition) is 5. The quantitative estimate of drug-likeness (QED) is 0.595. The number of carbonyl (C=O) groups excluding carboxylic acids is 1. The number of fused-ring (bicyclic) bond motifs is 1. The van der Waals surface area contributed by atoms with Crippen molar-refractivity contribution in [2.24, 2.45) is 0 Å². The smallest absolute Gasteiger partial charge is 0.323 e. The Hall–Kier alpha value is -2.53. The predicted octanol–water partition coefficient (Wildman–Crippen LogP) is 1.86. The van der Waals surface area contributed by atoms with Crippen molar-refractivity contribution in [1.29, 1.82) is 0 Å². The summed E-state index contributed by atoms with van der Waals surface area (Å²) in [5.74, 6) is -0.634. The van der Waals surface area contributed by atoms with Gasteiger partial charge in [0.05, 0.1) is 0 Å². The van der Waals surface area contributed by atoms with Crippen molar-refractivity contribution in [2.45, 2.75) is 25.6 Å². The van der Waals surface area contributed by atoms with Crippen LogP contribution >= 0.6 is 0 Å². The molecule has 1 unspecified atom stereocenters. The lowest BCUT2D eigenvalue weighted by Gasteiger charge is -2.25. The maximum absolute atomic E-state index is 12.1. The number of ether oxygens (including phenoxy) is 1. The second kappa shape index (κ2) is 6.07. The molecule has 5 nitrogen and oxygen atoms in total. The molecule has 1 aliphatic rings. The van der Waals surface area contributed by atoms with Crippen molar-refractivity contribution < 1.29 is 19.7 Å². The Balaban J connectivity index is 1.64. The van der Waals surface area contributed by atoms with Gasteiger partial charge in [0.25, 0.3) is 0 Å². The Kier molecular flexibility index (Phi) is 3.98. The van der Waals surface area contributed by atoms with E-state index in [0.717, 1.165) is 16.7 Å². The zero-order valence-corrected chi connectivity index (χ0v) is 12.0. The zero-order chi connectivity index (χ0) is 15.5. The Morgan fingerprint density at radius 2 is 1.82 bits per heavy atom. The van der Waals surface area contributed by atoms with Crippen molar-refractivity contribution in [1.82, 2.24) is 5.32 Å². The van der Waals surface area contributed by atoms with Crippen LogP contribution in [0, 0.1) is 0 Å². The second-order valence-electron chi connectivity index (χ2n) is 5.34. The molecule has 2 aromatic carbocycles. The normalized spacial score (nSPS) is 16.8. The SMILES string of the molecule is O=C(OCc1ccccc1)C1Cc2cc(O)c(O)cc2CN1. The summed E-state index contributed by atoms with van der Waals surface area (Å²) >= 11 is 0. The first-order valence-electron chi connectivity index (χ1n) is 7.11. The van der Waals surface area contributed by atoms with Gasteiger partial charge in [0.15, 0.2) is 11.5 Å². The summed E-state index contributed by atoms with van der Waals surface area (Å²) in [5, 5.41) is 22.1. The number of aromatic hydroxyl groups is 2. The van der Waals surface area contributed by atoms with Crippen LogP contribution in [0.5, 0.6) is 11.5 Å². The van der Waals surface area contributed by atoms with Gasteiger partial charge in [-0.05, 0) is 35.2 Å². The van der Waals surface area contributed by atoms with E-state index in [1.54, 1.807) is 0 Å². The van der Waals surface area contributed by atoms with E-state index in [-0.39, 0.29) is 24.1 Å². The highest BCUT2D eigenvalue weighted by molar-refractivity contribution is 5.76. The Morgan fingerprint density at radius 3 is 2.55 bits per heavy atom. The van der Waals surface area contributed by atoms with Crippen molar-refractivity contribution in [2.75, 3.05) is 0 Å². The number of hydrogen-bond donors (Lipinski definition) is 3. The average molecular weight is 299 g/mol. The molecule has 3 N–H and O–H groups in total. The molecule has 2 aromatic rings. The van der Waals surface area contributed by atoms with Gasteiger partial charge >= 0.3 is 5.97 Å². The summed E-state index contributed by atoms with van der Waals surface area (Å²) in [6.07, 6.45) is 0.427. The van der Waals surface area contributed by atoms with Gasteiger partial charge in [0.1, 0.15) is 12.6 Å². The van der Waals surface area contributed by atoms with E-state index >= 15 is 0 Å². The van der Waals surface area contributed by atoms with E-state index in [1.807, 2.05) is 30.3 Å². The number of rotatable bonds is 3. The Bertz CT molecular complexity index is 685. The van der Waals surface area contributed by atoms with Gasteiger partial charge in [0, 0.05) is 6.54 Å². The minimum Gasteiger partial charge on any atom is -0.504 e. The summed E-state index contributed by atoms with van der Waals surface area (Å²) in [7, 11) is 0. The van der Waals surface area contributed by atoms with Crippen LogP contribution in [-0.2, 0) is 29.1 Å². The van der Waals surface area contributed by atoms with Gasteiger partial charge in [-0.25, -0.2) is 0 Å². The summed E-state index contributed by atoms with van der Waals surface area (Å²) in [6, 6.07) is 12.1. The number of nitrogens with one attached hydrogen (secondary N) is 1. The molecular weight excluding hydrogens is 282 g/mol. The maximum Gasteiger partial charge on any atom is 0.323 e. The fourth-order valence-electron chi connectivity index (χ4n) is 2.54. The molecule has 22 heavy (non-hydrogen) atoms. The highest BCUT2D eigenvalue weighted by Gasteiger charge is 2.26. The highest BCUT2D eigenvalue weighted by atomic mass is 16.5. The van der Waals surface area contributed by atoms with Crippen LogP contribution in [0.15, 0.2) is 42.5 Å². The molecule has 0 aromatic heterocycles. The highest BCUT2D eigenvalue weighted by Crippen LogP contribution is 2.30. The summed E-state index contributed by atoms with van der Waals surface area (Å²) in [5.41, 5.74) is 2.66. The molecule has 3 rings (SSSR count). The molecule has 0 amide bonds. The molecule has 0 bridgehead atoms. The molecule has 0 spiro atoms. The minimum absolute atomic E-state index is 0.148. The van der Waals surface area contributed by atoms with Crippen LogP contribution in [0.25, 0.3) is 0 Å². The van der Waals surface area contributed by atoms with Crippen LogP contribution in [0.4, 0.5) is 0 Å². The third-order valence-electron chi connectivity index (χ3n) is 3.77. The fraction of sp³-hybridized carbons (Fsp3) is 0.235. The lowest BCUT2D eigenvalue weighted by molar-refractivity contribution is -0.147. The van der Waals surface area contributed by atoms with Gasteiger partial charge in [-0.2, -0.15) is 0 Å². The van der Waals surface area contributed by atoms with Gasteiger partial charge in [-0.15, -0.1) is 0 Å². The van der Waals surface area contributed by atoms with E-state index in [2.05, 4.69) is 5.32 Å². The van der Waals surface area contributed by atoms with Gasteiger partial charge < -0.3 is 20.3 Å². The van der Waals surface area contributed by atoms with Crippen LogP contribution in [0.3, 0.4) is 0 Å². The molecule has 1 atom stereocenters. The molecule has 0 radical (unpaired) electrons. The Labute approximate surface area is 128 Å². The molecule has 5 heteroatoms. The standard InChI is InChI=1S/C17H17NO4/c19-15-7-12-6-14(18-9-13(12)8-16(15)20)17(21)22-10-11-4-2-1-3-5-11/h1-5,7-8,14,18-20H,6,9-10H2. The van der Waals surface area contributed by atoms with Gasteiger partial charge in [-0.3, -0.25) is 4.79 Å². The van der Waals surface area contributed by atoms with Crippen LogP contribution in [0.2, 0.25) is 0 Å². The van der Waals surface area contributed by atoms with Crippen LogP contribution in [0.1, 0.15) is 16.7 Å². The minimum atomic E-state index is -0.444. The zero-order valence-electron chi connectivity index (χ0n) is 12.0. The third kappa shape index (κ3) is 3.04. The van der Waals surface area contributed by atoms with Crippen molar-refractivity contribution in [3.05, 3.63) is 59.2 Å². The van der Waals surface area contributed by atoms with E-state index < -0.39 is 6.04 Å². The van der Waals surface area contributed by atoms with E-state index in [4.69, 9.17) is 4.74 Å². The molecule has 1 aliphatic heterocycles. The number of phenolic OH excluding ortho intramolecular Hbond substituents is 2. The maximum atomic E-state index is 12.1. The molecular formula is C17H17NO4. The number of benzene rings is 2. The average Bonchev–Trinajstić information content (AvgIpc) is 2.54. The number of carbonyl (C=O) groups is 1. The predicted molar refractivity (Wildman–Crippen MR) is 80.3 cm³/mol. The van der Waals surface area contributed by atoms with Crippen molar-refractivity contribution >= 4 is 5.97 Å². The number of esters is 1. The first kappa shape index (κ1) is 14.4. The largest absolute Gasteiger partial charge is 0.504 e. The van der Waals surface area contributed by atoms with Crippen LogP contribution < -0.4 is 5.32 Å². The number of phenols is 2. The lowest BCUT2D eigenvalue weighted by Crippen LogP contribution is -2.42. The second-order valence-corrected chi connectivity index (χ2v) is 5.34. The van der Waals surface area contributed by atoms with Crippen molar-refractivity contribution in [3.8, 4) is 11.5 Å². The molecule has 114 valence electrons. The van der Waals surface area contributed by atoms with Gasteiger partial charge in [-0.1, -0.05) is 30.3 Å². The molecule has 0 fully saturated rings. The lowest BCUT2D eigenvalue weighted by atomic mass is 9.95. The summed E-state index contributed by atoms with van der Waals surface area (Å²) in [4.78, 5) is 12.1. The summed E-state index contributed by atoms with van der Waals surface area (Å²) in [6.45, 7) is 0.694. The van der Waals surface area contributed by atoms with Crippen molar-refractivity contribution in [3.63, 3.8) is 0 Å².